The van der Waals surface area contributed by atoms with Crippen molar-refractivity contribution in [3.63, 3.8) is 0 Å². The average molecular weight is 235 g/mol. The summed E-state index contributed by atoms with van der Waals surface area (Å²) < 4.78 is 15.6. The molecule has 0 aromatic carbocycles. The summed E-state index contributed by atoms with van der Waals surface area (Å²) >= 11 is 0. The number of imidazole rings is 1. The van der Waals surface area contributed by atoms with Crippen LogP contribution in [0.25, 0.3) is 5.65 Å². The summed E-state index contributed by atoms with van der Waals surface area (Å²) in [6.07, 6.45) is 3.56. The molecule has 0 N–H and O–H groups in total. The van der Waals surface area contributed by atoms with Crippen molar-refractivity contribution in [2.75, 3.05) is 0 Å². The molecule has 0 aliphatic rings. The third-order valence-electron chi connectivity index (χ3n) is 2.73. The van der Waals surface area contributed by atoms with E-state index >= 15 is 0 Å². The van der Waals surface area contributed by atoms with Gasteiger partial charge < -0.3 is 0 Å². The molecular weight excluding hydrogens is 217 g/mol. The van der Waals surface area contributed by atoms with Crippen molar-refractivity contribution in [2.24, 2.45) is 0 Å². The number of hydrogen-bond donors (Lipinski definition) is 0. The maximum atomic E-state index is 13.8. The Bertz CT molecular complexity index is 532. The van der Waals surface area contributed by atoms with E-state index in [1.165, 1.54) is 13.8 Å². The van der Waals surface area contributed by atoms with E-state index in [1.54, 1.807) is 12.4 Å². The lowest BCUT2D eigenvalue weighted by Crippen LogP contribution is -2.12. The third-order valence-corrected chi connectivity index (χ3v) is 2.73. The minimum atomic E-state index is -1.43. The Kier molecular flexibility index (Phi) is 2.49. The van der Waals surface area contributed by atoms with E-state index in [4.69, 9.17) is 0 Å². The van der Waals surface area contributed by atoms with E-state index in [1.807, 2.05) is 10.6 Å². The Hall–Kier alpha value is -1.45. The maximum Gasteiger partial charge on any atom is 0.147 e. The Labute approximate surface area is 101 Å². The molecule has 0 saturated heterocycles. The molecule has 0 radical (unpaired) electrons. The summed E-state index contributed by atoms with van der Waals surface area (Å²) in [7, 11) is 0. The van der Waals surface area contributed by atoms with Crippen LogP contribution in [0.15, 0.2) is 18.6 Å². The van der Waals surface area contributed by atoms with Gasteiger partial charge in [-0.25, -0.2) is 14.4 Å². The number of fused-ring (bicyclic) bond motifs is 1. The molecule has 0 aliphatic carbocycles. The second-order valence-electron chi connectivity index (χ2n) is 5.89. The van der Waals surface area contributed by atoms with Crippen molar-refractivity contribution >= 4 is 5.65 Å². The van der Waals surface area contributed by atoms with Crippen LogP contribution in [0.2, 0.25) is 0 Å². The first-order chi connectivity index (χ1) is 7.68. The molecule has 17 heavy (non-hydrogen) atoms. The average Bonchev–Trinajstić information content (AvgIpc) is 2.57. The van der Waals surface area contributed by atoms with Gasteiger partial charge in [-0.15, -0.1) is 0 Å². The van der Waals surface area contributed by atoms with Crippen molar-refractivity contribution in [1.82, 2.24) is 14.4 Å². The molecule has 0 amide bonds. The Balaban J connectivity index is 2.56. The van der Waals surface area contributed by atoms with Crippen molar-refractivity contribution in [3.05, 3.63) is 30.0 Å². The van der Waals surface area contributed by atoms with Crippen LogP contribution in [0.3, 0.4) is 0 Å². The van der Waals surface area contributed by atoms with Crippen molar-refractivity contribution in [2.45, 2.75) is 45.7 Å². The monoisotopic (exact) mass is 235 g/mol. The zero-order valence-electron chi connectivity index (χ0n) is 11.0. The number of alkyl halides is 1. The van der Waals surface area contributed by atoms with Crippen LogP contribution in [0.5, 0.6) is 0 Å². The van der Waals surface area contributed by atoms with Gasteiger partial charge in [-0.3, -0.25) is 4.40 Å². The highest BCUT2D eigenvalue weighted by Gasteiger charge is 2.22. The summed E-state index contributed by atoms with van der Waals surface area (Å²) in [6, 6.07) is 1.70. The highest BCUT2D eigenvalue weighted by molar-refractivity contribution is 5.42. The van der Waals surface area contributed by atoms with E-state index in [9.17, 15) is 4.39 Å². The quantitative estimate of drug-likeness (QED) is 0.759. The molecule has 0 unspecified atom stereocenters. The fraction of sp³-hybridized carbons (Fsp3) is 0.538. The van der Waals surface area contributed by atoms with Gasteiger partial charge in [0.1, 0.15) is 17.6 Å². The summed E-state index contributed by atoms with van der Waals surface area (Å²) in [5.41, 5.74) is 0.683. The van der Waals surface area contributed by atoms with Gasteiger partial charge in [0, 0.05) is 17.7 Å². The molecule has 2 aromatic rings. The van der Waals surface area contributed by atoms with Crippen molar-refractivity contribution < 1.29 is 4.39 Å². The van der Waals surface area contributed by atoms with Crippen LogP contribution < -0.4 is 0 Å². The number of rotatable bonds is 1. The summed E-state index contributed by atoms with van der Waals surface area (Å²) in [6.45, 7) is 9.30. The summed E-state index contributed by atoms with van der Waals surface area (Å²) in [5.74, 6) is 0. The fourth-order valence-electron chi connectivity index (χ4n) is 1.58. The molecule has 0 bridgehead atoms. The standard InChI is InChI=1S/C13H18FN3/c1-12(2,3)10-7-17-8-15-9(13(4,5)14)6-11(17)16-10/h6-8H,1-5H3. The van der Waals surface area contributed by atoms with Crippen LogP contribution in [0.4, 0.5) is 4.39 Å². The molecule has 0 saturated carbocycles. The molecule has 4 heteroatoms. The number of aromatic nitrogens is 3. The van der Waals surface area contributed by atoms with E-state index in [2.05, 4.69) is 30.7 Å². The summed E-state index contributed by atoms with van der Waals surface area (Å²) in [5, 5.41) is 0. The van der Waals surface area contributed by atoms with Gasteiger partial charge in [0.2, 0.25) is 0 Å². The van der Waals surface area contributed by atoms with Crippen LogP contribution >= 0.6 is 0 Å². The van der Waals surface area contributed by atoms with Crippen LogP contribution in [0, 0.1) is 0 Å². The van der Waals surface area contributed by atoms with E-state index in [0.717, 1.165) is 11.3 Å². The minimum absolute atomic E-state index is 0.0165. The summed E-state index contributed by atoms with van der Waals surface area (Å²) in [4.78, 5) is 8.64. The van der Waals surface area contributed by atoms with Crippen LogP contribution in [-0.2, 0) is 11.1 Å². The molecule has 0 aliphatic heterocycles. The predicted octanol–water partition coefficient (Wildman–Crippen LogP) is 3.23. The van der Waals surface area contributed by atoms with E-state index < -0.39 is 5.67 Å². The van der Waals surface area contributed by atoms with Gasteiger partial charge in [0.15, 0.2) is 0 Å². The maximum absolute atomic E-state index is 13.8. The molecule has 0 spiro atoms. The Morgan fingerprint density at radius 2 is 1.76 bits per heavy atom. The van der Waals surface area contributed by atoms with Crippen molar-refractivity contribution in [1.29, 1.82) is 0 Å². The molecule has 2 rings (SSSR count). The molecule has 0 fully saturated rings. The second-order valence-corrected chi connectivity index (χ2v) is 5.89. The van der Waals surface area contributed by atoms with Crippen LogP contribution in [-0.4, -0.2) is 14.4 Å². The minimum Gasteiger partial charge on any atom is -0.290 e. The number of halogens is 1. The number of hydrogen-bond acceptors (Lipinski definition) is 2. The Morgan fingerprint density at radius 3 is 2.29 bits per heavy atom. The molecular formula is C13H18FN3. The molecule has 92 valence electrons. The van der Waals surface area contributed by atoms with Gasteiger partial charge >= 0.3 is 0 Å². The first-order valence-electron chi connectivity index (χ1n) is 5.72. The smallest absolute Gasteiger partial charge is 0.147 e. The third kappa shape index (κ3) is 2.30. The predicted molar refractivity (Wildman–Crippen MR) is 65.8 cm³/mol. The normalized spacial score (nSPS) is 13.3. The number of nitrogens with zero attached hydrogens (tertiary/aromatic N) is 3. The lowest BCUT2D eigenvalue weighted by Gasteiger charge is -2.13. The Morgan fingerprint density at radius 1 is 1.12 bits per heavy atom. The molecule has 2 aromatic heterocycles. The first kappa shape index (κ1) is 12.0. The van der Waals surface area contributed by atoms with Crippen LogP contribution in [0.1, 0.15) is 46.0 Å². The molecule has 2 heterocycles. The van der Waals surface area contributed by atoms with E-state index in [-0.39, 0.29) is 5.41 Å². The zero-order valence-corrected chi connectivity index (χ0v) is 11.0. The largest absolute Gasteiger partial charge is 0.290 e. The van der Waals surface area contributed by atoms with Gasteiger partial charge in [-0.1, -0.05) is 20.8 Å². The first-order valence-corrected chi connectivity index (χ1v) is 5.72. The second kappa shape index (κ2) is 3.52. The zero-order chi connectivity index (χ0) is 12.8. The molecule has 0 atom stereocenters. The highest BCUT2D eigenvalue weighted by Crippen LogP contribution is 2.25. The lowest BCUT2D eigenvalue weighted by molar-refractivity contribution is 0.214. The van der Waals surface area contributed by atoms with E-state index in [0.29, 0.717) is 5.69 Å². The topological polar surface area (TPSA) is 30.2 Å². The van der Waals surface area contributed by atoms with Gasteiger partial charge in [0.05, 0.1) is 11.4 Å². The van der Waals surface area contributed by atoms with Crippen molar-refractivity contribution in [3.8, 4) is 0 Å². The fourth-order valence-corrected chi connectivity index (χ4v) is 1.58. The molecule has 3 nitrogen and oxygen atoms in total. The SMILES string of the molecule is CC(C)(C)c1cn2cnc(C(C)(C)F)cc2n1. The lowest BCUT2D eigenvalue weighted by atomic mass is 9.93. The van der Waals surface area contributed by atoms with Gasteiger partial charge in [-0.2, -0.15) is 0 Å². The van der Waals surface area contributed by atoms with Gasteiger partial charge in [0.25, 0.3) is 0 Å². The highest BCUT2D eigenvalue weighted by atomic mass is 19.1. The van der Waals surface area contributed by atoms with Gasteiger partial charge in [-0.05, 0) is 13.8 Å².